The van der Waals surface area contributed by atoms with Crippen molar-refractivity contribution in [1.29, 1.82) is 0 Å². The van der Waals surface area contributed by atoms with Gasteiger partial charge in [-0.05, 0) is 13.0 Å². The number of anilines is 1. The number of fused-ring (bicyclic) bond motifs is 1. The smallest absolute Gasteiger partial charge is 0.235 e. The van der Waals surface area contributed by atoms with Gasteiger partial charge in [-0.2, -0.15) is 14.8 Å². The highest BCUT2D eigenvalue weighted by Gasteiger charge is 2.21. The quantitative estimate of drug-likeness (QED) is 0.578. The van der Waals surface area contributed by atoms with Crippen LogP contribution in [0.25, 0.3) is 28.1 Å². The van der Waals surface area contributed by atoms with Crippen molar-refractivity contribution < 1.29 is 9.47 Å². The van der Waals surface area contributed by atoms with Gasteiger partial charge in [-0.1, -0.05) is 12.1 Å². The summed E-state index contributed by atoms with van der Waals surface area (Å²) < 4.78 is 14.6. The number of ether oxygens (including phenoxy) is 2. The Labute approximate surface area is 155 Å². The van der Waals surface area contributed by atoms with Crippen LogP contribution in [-0.2, 0) is 6.54 Å². The third-order valence-electron chi connectivity index (χ3n) is 4.40. The summed E-state index contributed by atoms with van der Waals surface area (Å²) in [6.07, 6.45) is 4.91. The van der Waals surface area contributed by atoms with Crippen LogP contribution in [0, 0.1) is 0 Å². The van der Waals surface area contributed by atoms with Crippen LogP contribution >= 0.6 is 0 Å². The molecule has 0 aliphatic heterocycles. The van der Waals surface area contributed by atoms with Crippen LogP contribution < -0.4 is 15.2 Å². The van der Waals surface area contributed by atoms with E-state index in [0.29, 0.717) is 24.0 Å². The fourth-order valence-corrected chi connectivity index (χ4v) is 3.24. The van der Waals surface area contributed by atoms with Crippen LogP contribution in [0.1, 0.15) is 6.92 Å². The van der Waals surface area contributed by atoms with Gasteiger partial charge in [0.15, 0.2) is 11.5 Å². The molecule has 9 nitrogen and oxygen atoms in total. The van der Waals surface area contributed by atoms with E-state index in [4.69, 9.17) is 15.2 Å². The number of pyridine rings is 1. The molecule has 9 heteroatoms. The van der Waals surface area contributed by atoms with E-state index in [1.807, 2.05) is 29.7 Å². The Morgan fingerprint density at radius 1 is 1.11 bits per heavy atom. The predicted molar refractivity (Wildman–Crippen MR) is 101 cm³/mol. The zero-order valence-electron chi connectivity index (χ0n) is 15.2. The Bertz CT molecular complexity index is 1120. The highest BCUT2D eigenvalue weighted by Crippen LogP contribution is 2.40. The first-order chi connectivity index (χ1) is 13.2. The maximum atomic E-state index is 5.93. The van der Waals surface area contributed by atoms with Gasteiger partial charge in [0.05, 0.1) is 25.9 Å². The van der Waals surface area contributed by atoms with Gasteiger partial charge in [0.25, 0.3) is 0 Å². The molecule has 0 fully saturated rings. The molecule has 3 heterocycles. The molecule has 0 saturated heterocycles. The van der Waals surface area contributed by atoms with Gasteiger partial charge in [-0.3, -0.25) is 4.98 Å². The van der Waals surface area contributed by atoms with Crippen molar-refractivity contribution >= 4 is 17.0 Å². The third kappa shape index (κ3) is 2.55. The largest absolute Gasteiger partial charge is 0.493 e. The topological polar surface area (TPSA) is 106 Å². The minimum Gasteiger partial charge on any atom is -0.493 e. The highest BCUT2D eigenvalue weighted by atomic mass is 16.5. The van der Waals surface area contributed by atoms with Gasteiger partial charge in [-0.25, -0.2) is 4.98 Å². The number of rotatable bonds is 5. The number of para-hydroxylation sites is 1. The molecular weight excluding hydrogens is 346 g/mol. The van der Waals surface area contributed by atoms with Gasteiger partial charge >= 0.3 is 0 Å². The molecule has 138 valence electrons. The minimum absolute atomic E-state index is 0.272. The first-order valence-electron chi connectivity index (χ1n) is 8.41. The lowest BCUT2D eigenvalue weighted by Gasteiger charge is -2.14. The molecule has 3 aromatic heterocycles. The molecule has 0 aliphatic rings. The number of imidazole rings is 1. The van der Waals surface area contributed by atoms with Crippen LogP contribution in [0.3, 0.4) is 0 Å². The first-order valence-corrected chi connectivity index (χ1v) is 8.41. The summed E-state index contributed by atoms with van der Waals surface area (Å²) in [4.78, 5) is 13.0. The van der Waals surface area contributed by atoms with Crippen LogP contribution in [0.5, 0.6) is 11.5 Å². The lowest BCUT2D eigenvalue weighted by molar-refractivity contribution is 0.356. The second-order valence-corrected chi connectivity index (χ2v) is 5.78. The average Bonchev–Trinajstić information content (AvgIpc) is 3.29. The fraction of sp³-hybridized carbons (Fsp3) is 0.222. The molecule has 0 bridgehead atoms. The number of nitrogens with zero attached hydrogens (tertiary/aromatic N) is 6. The summed E-state index contributed by atoms with van der Waals surface area (Å²) in [7, 11) is 3.23. The minimum atomic E-state index is 0.272. The Morgan fingerprint density at radius 3 is 2.63 bits per heavy atom. The van der Waals surface area contributed by atoms with E-state index >= 15 is 0 Å². The number of benzene rings is 1. The zero-order valence-corrected chi connectivity index (χ0v) is 15.2. The lowest BCUT2D eigenvalue weighted by atomic mass is 10.0. The Kier molecular flexibility index (Phi) is 4.11. The molecule has 2 N–H and O–H groups in total. The zero-order chi connectivity index (χ0) is 19.0. The number of aromatic nitrogens is 6. The van der Waals surface area contributed by atoms with E-state index < -0.39 is 0 Å². The number of nitrogen functional groups attached to an aromatic ring is 1. The van der Waals surface area contributed by atoms with Crippen LogP contribution in [0.4, 0.5) is 5.95 Å². The molecule has 0 radical (unpaired) electrons. The van der Waals surface area contributed by atoms with E-state index in [1.54, 1.807) is 26.6 Å². The normalized spacial score (nSPS) is 11.1. The molecule has 4 aromatic rings. The Morgan fingerprint density at radius 2 is 1.96 bits per heavy atom. The van der Waals surface area contributed by atoms with Gasteiger partial charge in [0, 0.05) is 23.9 Å². The standard InChI is InChI=1S/C18H19N7O2/c1-4-24-15-12(11-6-5-7-14(26-2)16(11)27-3)8-20-9-13(15)23-18(24)25-17(19)21-10-22-25/h5-10H,4H2,1-3H3,(H2,19,21,22). The van der Waals surface area contributed by atoms with E-state index in [9.17, 15) is 0 Å². The number of hydrogen-bond acceptors (Lipinski definition) is 7. The van der Waals surface area contributed by atoms with E-state index in [-0.39, 0.29) is 5.95 Å². The Hall–Kier alpha value is -3.62. The molecular formula is C18H19N7O2. The highest BCUT2D eigenvalue weighted by molar-refractivity contribution is 5.94. The number of methoxy groups -OCH3 is 2. The third-order valence-corrected chi connectivity index (χ3v) is 4.40. The number of aryl methyl sites for hydroxylation is 1. The van der Waals surface area contributed by atoms with E-state index in [1.165, 1.54) is 11.0 Å². The van der Waals surface area contributed by atoms with Crippen molar-refractivity contribution in [2.45, 2.75) is 13.5 Å². The van der Waals surface area contributed by atoms with Crippen molar-refractivity contribution in [1.82, 2.24) is 29.3 Å². The average molecular weight is 365 g/mol. The summed E-state index contributed by atoms with van der Waals surface area (Å²) in [6, 6.07) is 5.74. The first kappa shape index (κ1) is 16.8. The van der Waals surface area contributed by atoms with Crippen molar-refractivity contribution in [2.75, 3.05) is 20.0 Å². The van der Waals surface area contributed by atoms with Crippen LogP contribution in [-0.4, -0.2) is 43.5 Å². The summed E-state index contributed by atoms with van der Waals surface area (Å²) in [5, 5.41) is 4.19. The molecule has 0 amide bonds. The Balaban J connectivity index is 2.04. The van der Waals surface area contributed by atoms with Crippen molar-refractivity contribution in [2.24, 2.45) is 0 Å². The summed E-state index contributed by atoms with van der Waals surface area (Å²) in [5.41, 5.74) is 9.31. The van der Waals surface area contributed by atoms with E-state index in [0.717, 1.165) is 22.2 Å². The van der Waals surface area contributed by atoms with Gasteiger partial charge in [0.1, 0.15) is 11.8 Å². The predicted octanol–water partition coefficient (Wildman–Crippen LogP) is 2.30. The summed E-state index contributed by atoms with van der Waals surface area (Å²) in [6.45, 7) is 2.69. The number of hydrogen-bond donors (Lipinski definition) is 1. The SMILES string of the molecule is CCn1c(-n2ncnc2N)nc2cncc(-c3cccc(OC)c3OC)c21. The monoisotopic (exact) mass is 365 g/mol. The fourth-order valence-electron chi connectivity index (χ4n) is 3.24. The van der Waals surface area contributed by atoms with E-state index in [2.05, 4.69) is 20.1 Å². The molecule has 0 atom stereocenters. The molecule has 0 unspecified atom stereocenters. The maximum absolute atomic E-state index is 5.93. The molecule has 27 heavy (non-hydrogen) atoms. The lowest BCUT2D eigenvalue weighted by Crippen LogP contribution is -2.10. The second kappa shape index (κ2) is 6.60. The van der Waals surface area contributed by atoms with Gasteiger partial charge in [-0.15, -0.1) is 0 Å². The second-order valence-electron chi connectivity index (χ2n) is 5.78. The van der Waals surface area contributed by atoms with Crippen molar-refractivity contribution in [3.8, 4) is 28.6 Å². The molecule has 0 aliphatic carbocycles. The molecule has 0 saturated carbocycles. The summed E-state index contributed by atoms with van der Waals surface area (Å²) in [5.74, 6) is 2.14. The van der Waals surface area contributed by atoms with Crippen molar-refractivity contribution in [3.05, 3.63) is 36.9 Å². The van der Waals surface area contributed by atoms with Crippen LogP contribution in [0.2, 0.25) is 0 Å². The molecule has 0 spiro atoms. The van der Waals surface area contributed by atoms with Gasteiger partial charge in [0.2, 0.25) is 11.9 Å². The van der Waals surface area contributed by atoms with Crippen molar-refractivity contribution in [3.63, 3.8) is 0 Å². The molecule has 1 aromatic carbocycles. The van der Waals surface area contributed by atoms with Crippen LogP contribution in [0.15, 0.2) is 36.9 Å². The molecule has 4 rings (SSSR count). The van der Waals surface area contributed by atoms with Gasteiger partial charge < -0.3 is 19.8 Å². The summed E-state index contributed by atoms with van der Waals surface area (Å²) >= 11 is 0. The maximum Gasteiger partial charge on any atom is 0.235 e. The number of nitrogens with two attached hydrogens (primary N) is 1.